The summed E-state index contributed by atoms with van der Waals surface area (Å²) in [6.45, 7) is 0. The van der Waals surface area contributed by atoms with Crippen molar-refractivity contribution in [2.24, 2.45) is 0 Å². The SMILES string of the molecule is O=[SH](=O)c1ccc(OC(c2ccccc2)c2ccc(O)cc2)cc1. The molecule has 0 aliphatic carbocycles. The third-order valence-electron chi connectivity index (χ3n) is 3.60. The molecule has 24 heavy (non-hydrogen) atoms. The Labute approximate surface area is 141 Å². The highest BCUT2D eigenvalue weighted by Gasteiger charge is 2.16. The summed E-state index contributed by atoms with van der Waals surface area (Å²) in [5, 5.41) is 9.48. The van der Waals surface area contributed by atoms with E-state index in [0.29, 0.717) is 5.75 Å². The molecule has 0 radical (unpaired) electrons. The first-order chi connectivity index (χ1) is 11.6. The van der Waals surface area contributed by atoms with Gasteiger partial charge in [0.05, 0.1) is 4.90 Å². The van der Waals surface area contributed by atoms with Gasteiger partial charge in [0.1, 0.15) is 17.6 Å². The minimum atomic E-state index is -2.60. The Morgan fingerprint density at radius 2 is 1.33 bits per heavy atom. The van der Waals surface area contributed by atoms with Gasteiger partial charge in [-0.2, -0.15) is 0 Å². The molecule has 0 fully saturated rings. The Balaban J connectivity index is 1.94. The lowest BCUT2D eigenvalue weighted by atomic mass is 10.0. The molecule has 1 unspecified atom stereocenters. The van der Waals surface area contributed by atoms with Crippen LogP contribution >= 0.6 is 0 Å². The first-order valence-electron chi connectivity index (χ1n) is 7.38. The molecule has 3 aromatic rings. The third kappa shape index (κ3) is 3.75. The number of phenolic OH excluding ortho intramolecular Hbond substituents is 1. The van der Waals surface area contributed by atoms with Crippen molar-refractivity contribution >= 4 is 10.7 Å². The highest BCUT2D eigenvalue weighted by atomic mass is 32.2. The van der Waals surface area contributed by atoms with Crippen molar-refractivity contribution in [3.63, 3.8) is 0 Å². The Morgan fingerprint density at radius 1 is 0.750 bits per heavy atom. The van der Waals surface area contributed by atoms with Crippen LogP contribution in [0.15, 0.2) is 83.8 Å². The van der Waals surface area contributed by atoms with Gasteiger partial charge in [-0.1, -0.05) is 42.5 Å². The number of phenols is 1. The largest absolute Gasteiger partial charge is 0.508 e. The van der Waals surface area contributed by atoms with Crippen molar-refractivity contribution in [1.82, 2.24) is 0 Å². The minimum absolute atomic E-state index is 0.189. The van der Waals surface area contributed by atoms with E-state index in [-0.39, 0.29) is 16.7 Å². The van der Waals surface area contributed by atoms with Gasteiger partial charge in [0.2, 0.25) is 0 Å². The number of rotatable bonds is 5. The highest BCUT2D eigenvalue weighted by Crippen LogP contribution is 2.29. The monoisotopic (exact) mass is 340 g/mol. The fourth-order valence-electron chi connectivity index (χ4n) is 2.39. The lowest BCUT2D eigenvalue weighted by Crippen LogP contribution is -2.09. The van der Waals surface area contributed by atoms with Crippen LogP contribution in [0, 0.1) is 0 Å². The summed E-state index contributed by atoms with van der Waals surface area (Å²) < 4.78 is 28.0. The van der Waals surface area contributed by atoms with Crippen LogP contribution < -0.4 is 4.74 Å². The van der Waals surface area contributed by atoms with Gasteiger partial charge < -0.3 is 9.84 Å². The van der Waals surface area contributed by atoms with Crippen LogP contribution in [0.2, 0.25) is 0 Å². The Morgan fingerprint density at radius 3 is 1.92 bits per heavy atom. The maximum atomic E-state index is 11.0. The number of hydrogen-bond acceptors (Lipinski definition) is 4. The predicted molar refractivity (Wildman–Crippen MR) is 92.0 cm³/mol. The molecule has 0 saturated heterocycles. The first-order valence-corrected chi connectivity index (χ1v) is 8.56. The molecule has 0 heterocycles. The molecule has 0 amide bonds. The lowest BCUT2D eigenvalue weighted by molar-refractivity contribution is 0.247. The van der Waals surface area contributed by atoms with Crippen molar-refractivity contribution in [3.05, 3.63) is 90.0 Å². The Bertz CT molecular complexity index is 862. The fourth-order valence-corrected chi connectivity index (χ4v) is 2.78. The number of hydrogen-bond donors (Lipinski definition) is 2. The third-order valence-corrected chi connectivity index (χ3v) is 4.32. The number of ether oxygens (including phenoxy) is 1. The van der Waals surface area contributed by atoms with Crippen LogP contribution in [0.4, 0.5) is 0 Å². The molecule has 3 rings (SSSR count). The zero-order valence-corrected chi connectivity index (χ0v) is 13.6. The number of thiol groups is 1. The average molecular weight is 340 g/mol. The predicted octanol–water partition coefficient (Wildman–Crippen LogP) is 3.53. The molecular weight excluding hydrogens is 324 g/mol. The maximum Gasteiger partial charge on any atom is 0.168 e. The number of benzene rings is 3. The molecule has 0 spiro atoms. The highest BCUT2D eigenvalue weighted by molar-refractivity contribution is 7.72. The zero-order chi connectivity index (χ0) is 16.9. The van der Waals surface area contributed by atoms with Gasteiger partial charge in [-0.15, -0.1) is 0 Å². The van der Waals surface area contributed by atoms with Crippen molar-refractivity contribution in [1.29, 1.82) is 0 Å². The van der Waals surface area contributed by atoms with Crippen LogP contribution in [-0.4, -0.2) is 13.5 Å². The van der Waals surface area contributed by atoms with E-state index >= 15 is 0 Å². The molecule has 0 aliphatic rings. The molecule has 4 nitrogen and oxygen atoms in total. The van der Waals surface area contributed by atoms with Gasteiger partial charge in [-0.3, -0.25) is 0 Å². The van der Waals surface area contributed by atoms with Crippen molar-refractivity contribution < 1.29 is 18.3 Å². The second-order valence-electron chi connectivity index (χ2n) is 5.25. The summed E-state index contributed by atoms with van der Waals surface area (Å²) in [7, 11) is -2.60. The van der Waals surface area contributed by atoms with Gasteiger partial charge in [0, 0.05) is 0 Å². The van der Waals surface area contributed by atoms with Crippen molar-refractivity contribution in [3.8, 4) is 11.5 Å². The second kappa shape index (κ2) is 7.19. The zero-order valence-electron chi connectivity index (χ0n) is 12.7. The van der Waals surface area contributed by atoms with Crippen LogP contribution in [0.25, 0.3) is 0 Å². The molecule has 1 N–H and O–H groups in total. The molecule has 0 aromatic heterocycles. The summed E-state index contributed by atoms with van der Waals surface area (Å²) in [6.07, 6.45) is -0.362. The van der Waals surface area contributed by atoms with Gasteiger partial charge in [0.25, 0.3) is 0 Å². The van der Waals surface area contributed by atoms with E-state index in [1.165, 1.54) is 12.1 Å². The summed E-state index contributed by atoms with van der Waals surface area (Å²) in [4.78, 5) is 0.248. The molecule has 3 aromatic carbocycles. The van der Waals surface area contributed by atoms with E-state index in [4.69, 9.17) is 4.74 Å². The molecule has 122 valence electrons. The van der Waals surface area contributed by atoms with Crippen LogP contribution in [0.1, 0.15) is 17.2 Å². The van der Waals surface area contributed by atoms with E-state index in [9.17, 15) is 13.5 Å². The Hall–Kier alpha value is -2.79. The molecule has 1 atom stereocenters. The summed E-state index contributed by atoms with van der Waals surface area (Å²) in [5.41, 5.74) is 1.85. The van der Waals surface area contributed by atoms with E-state index in [1.54, 1.807) is 36.4 Å². The van der Waals surface area contributed by atoms with Gasteiger partial charge in [-0.05, 0) is 47.5 Å². The van der Waals surface area contributed by atoms with Gasteiger partial charge >= 0.3 is 0 Å². The molecular formula is C19H16O4S. The normalized spacial score (nSPS) is 12.0. The van der Waals surface area contributed by atoms with Crippen LogP contribution in [-0.2, 0) is 10.7 Å². The van der Waals surface area contributed by atoms with Crippen LogP contribution in [0.5, 0.6) is 11.5 Å². The van der Waals surface area contributed by atoms with E-state index in [2.05, 4.69) is 0 Å². The summed E-state index contributed by atoms with van der Waals surface area (Å²) in [5.74, 6) is 0.756. The quantitative estimate of drug-likeness (QED) is 0.698. The standard InChI is InChI=1S/C19H16O4S/c20-16-8-6-15(7-9-16)19(14-4-2-1-3-5-14)23-17-10-12-18(13-11-17)24(21)22/h1-13,19-20,24H. The number of aromatic hydroxyl groups is 1. The maximum absolute atomic E-state index is 11.0. The first kappa shape index (κ1) is 16.1. The second-order valence-corrected chi connectivity index (χ2v) is 6.28. The van der Waals surface area contributed by atoms with Gasteiger partial charge in [0.15, 0.2) is 10.7 Å². The lowest BCUT2D eigenvalue weighted by Gasteiger charge is -2.20. The van der Waals surface area contributed by atoms with Crippen LogP contribution in [0.3, 0.4) is 0 Å². The summed E-state index contributed by atoms with van der Waals surface area (Å²) in [6, 6.07) is 22.8. The molecule has 0 saturated carbocycles. The fraction of sp³-hybridized carbons (Fsp3) is 0.0526. The molecule has 0 bridgehead atoms. The topological polar surface area (TPSA) is 63.6 Å². The molecule has 0 aliphatic heterocycles. The van der Waals surface area contributed by atoms with Gasteiger partial charge in [-0.25, -0.2) is 8.42 Å². The average Bonchev–Trinajstić information content (AvgIpc) is 2.62. The van der Waals surface area contributed by atoms with E-state index in [0.717, 1.165) is 11.1 Å². The van der Waals surface area contributed by atoms with E-state index in [1.807, 2.05) is 30.3 Å². The van der Waals surface area contributed by atoms with E-state index < -0.39 is 10.7 Å². The van der Waals surface area contributed by atoms with Crippen molar-refractivity contribution in [2.75, 3.05) is 0 Å². The smallest absolute Gasteiger partial charge is 0.168 e. The Kier molecular flexibility index (Phi) is 4.82. The molecule has 5 heteroatoms. The minimum Gasteiger partial charge on any atom is -0.508 e. The summed E-state index contributed by atoms with van der Waals surface area (Å²) >= 11 is 0. The van der Waals surface area contributed by atoms with Crippen molar-refractivity contribution in [2.45, 2.75) is 11.0 Å².